The maximum atomic E-state index is 5.83. The van der Waals surface area contributed by atoms with Gasteiger partial charge in [-0.25, -0.2) is 4.99 Å². The maximum absolute atomic E-state index is 5.83. The van der Waals surface area contributed by atoms with Crippen LogP contribution >= 0.6 is 0 Å². The first kappa shape index (κ1) is 21.7. The van der Waals surface area contributed by atoms with Crippen molar-refractivity contribution in [2.75, 3.05) is 19.7 Å². The van der Waals surface area contributed by atoms with E-state index < -0.39 is 0 Å². The van der Waals surface area contributed by atoms with Gasteiger partial charge in [0.1, 0.15) is 12.4 Å². The average Bonchev–Trinajstić information content (AvgIpc) is 2.54. The summed E-state index contributed by atoms with van der Waals surface area (Å²) in [4.78, 5) is 3.77. The molecule has 5 N–H and O–H groups in total. The Morgan fingerprint density at radius 2 is 2.00 bits per heavy atom. The van der Waals surface area contributed by atoms with Crippen LogP contribution in [0, 0.1) is 0 Å². The van der Waals surface area contributed by atoms with Crippen molar-refractivity contribution in [3.05, 3.63) is 60.6 Å². The molecule has 0 aromatic heterocycles. The highest BCUT2D eigenvalue weighted by Crippen LogP contribution is 2.16. The number of aliphatic imine (C=N–C) groups is 1. The third-order valence-corrected chi connectivity index (χ3v) is 2.99. The first-order chi connectivity index (χ1) is 11.5. The fraction of sp³-hybridized carbons (Fsp3) is 0.421. The SMILES string of the molecule is C=C(/C=C\N=C(N)N)CO/C(=C/C=C\C)C(=C)CCCNCCC. The second-order valence-electron chi connectivity index (χ2n) is 5.33. The summed E-state index contributed by atoms with van der Waals surface area (Å²) < 4.78 is 5.83. The summed E-state index contributed by atoms with van der Waals surface area (Å²) in [5, 5.41) is 3.38. The molecule has 0 amide bonds. The summed E-state index contributed by atoms with van der Waals surface area (Å²) >= 11 is 0. The number of nitrogens with two attached hydrogens (primary N) is 2. The second kappa shape index (κ2) is 14.3. The number of hydrogen-bond donors (Lipinski definition) is 3. The van der Waals surface area contributed by atoms with Crippen LogP contribution in [0.3, 0.4) is 0 Å². The molecule has 5 nitrogen and oxygen atoms in total. The third-order valence-electron chi connectivity index (χ3n) is 2.99. The first-order valence-electron chi connectivity index (χ1n) is 8.29. The summed E-state index contributed by atoms with van der Waals surface area (Å²) in [6.45, 7) is 14.5. The van der Waals surface area contributed by atoms with Crippen LogP contribution in [0.1, 0.15) is 33.1 Å². The highest BCUT2D eigenvalue weighted by Gasteiger charge is 2.04. The van der Waals surface area contributed by atoms with Crippen LogP contribution in [0.5, 0.6) is 0 Å². The number of hydrogen-bond acceptors (Lipinski definition) is 3. The van der Waals surface area contributed by atoms with Crippen molar-refractivity contribution in [1.29, 1.82) is 0 Å². The number of rotatable bonds is 13. The Morgan fingerprint density at radius 1 is 1.25 bits per heavy atom. The number of ether oxygens (including phenoxy) is 1. The fourth-order valence-corrected chi connectivity index (χ4v) is 1.75. The molecule has 0 unspecified atom stereocenters. The lowest BCUT2D eigenvalue weighted by atomic mass is 10.1. The summed E-state index contributed by atoms with van der Waals surface area (Å²) in [5.74, 6) is 0.790. The highest BCUT2D eigenvalue weighted by atomic mass is 16.5. The Balaban J connectivity index is 4.46. The van der Waals surface area contributed by atoms with E-state index >= 15 is 0 Å². The number of nitrogens with zero attached hydrogens (tertiary/aromatic N) is 1. The largest absolute Gasteiger partial charge is 0.489 e. The maximum Gasteiger partial charge on any atom is 0.190 e. The lowest BCUT2D eigenvalue weighted by molar-refractivity contribution is 0.249. The van der Waals surface area contributed by atoms with Gasteiger partial charge in [0.2, 0.25) is 0 Å². The van der Waals surface area contributed by atoms with Gasteiger partial charge in [-0.2, -0.15) is 0 Å². The van der Waals surface area contributed by atoms with Gasteiger partial charge >= 0.3 is 0 Å². The minimum absolute atomic E-state index is 0.0127. The van der Waals surface area contributed by atoms with E-state index in [9.17, 15) is 0 Å². The van der Waals surface area contributed by atoms with Crippen molar-refractivity contribution < 1.29 is 4.74 Å². The van der Waals surface area contributed by atoms with Gasteiger partial charge in [-0.1, -0.05) is 32.2 Å². The Morgan fingerprint density at radius 3 is 2.62 bits per heavy atom. The number of guanidine groups is 1. The number of allylic oxidation sites excluding steroid dienone is 4. The molecular formula is C19H32N4O. The summed E-state index contributed by atoms with van der Waals surface area (Å²) in [7, 11) is 0. The molecule has 0 aliphatic heterocycles. The highest BCUT2D eigenvalue weighted by molar-refractivity contribution is 5.76. The molecule has 0 saturated heterocycles. The molecule has 24 heavy (non-hydrogen) atoms. The summed E-state index contributed by atoms with van der Waals surface area (Å²) in [5.41, 5.74) is 12.3. The van der Waals surface area contributed by atoms with Crippen LogP contribution in [-0.2, 0) is 4.74 Å². The van der Waals surface area contributed by atoms with Gasteiger partial charge in [0.25, 0.3) is 0 Å². The van der Waals surface area contributed by atoms with Gasteiger partial charge < -0.3 is 21.5 Å². The lowest BCUT2D eigenvalue weighted by Crippen LogP contribution is -2.21. The van der Waals surface area contributed by atoms with Crippen LogP contribution in [0.15, 0.2) is 65.6 Å². The van der Waals surface area contributed by atoms with Crippen molar-refractivity contribution in [3.8, 4) is 0 Å². The van der Waals surface area contributed by atoms with E-state index in [1.807, 2.05) is 25.2 Å². The predicted octanol–water partition coefficient (Wildman–Crippen LogP) is 3.14. The van der Waals surface area contributed by atoms with E-state index in [-0.39, 0.29) is 5.96 Å². The van der Waals surface area contributed by atoms with Crippen LogP contribution in [0.25, 0.3) is 0 Å². The van der Waals surface area contributed by atoms with E-state index in [1.165, 1.54) is 6.20 Å². The molecule has 0 fully saturated rings. The minimum Gasteiger partial charge on any atom is -0.489 e. The molecule has 0 bridgehead atoms. The van der Waals surface area contributed by atoms with Crippen LogP contribution in [-0.4, -0.2) is 25.7 Å². The van der Waals surface area contributed by atoms with E-state index in [2.05, 4.69) is 30.4 Å². The zero-order valence-electron chi connectivity index (χ0n) is 15.1. The predicted molar refractivity (Wildman–Crippen MR) is 104 cm³/mol. The third kappa shape index (κ3) is 12.3. The van der Waals surface area contributed by atoms with Gasteiger partial charge in [0.15, 0.2) is 5.96 Å². The molecule has 0 radical (unpaired) electrons. The molecule has 5 heteroatoms. The van der Waals surface area contributed by atoms with E-state index in [0.717, 1.165) is 49.3 Å². The number of nitrogens with one attached hydrogen (secondary N) is 1. The minimum atomic E-state index is 0.0127. The van der Waals surface area contributed by atoms with Gasteiger partial charge in [0.05, 0.1) is 0 Å². The topological polar surface area (TPSA) is 85.7 Å². The van der Waals surface area contributed by atoms with E-state index in [0.29, 0.717) is 6.61 Å². The molecule has 0 aromatic rings. The van der Waals surface area contributed by atoms with Gasteiger partial charge in [-0.15, -0.1) is 0 Å². The molecule has 0 aliphatic rings. The second-order valence-corrected chi connectivity index (χ2v) is 5.33. The van der Waals surface area contributed by atoms with Crippen molar-refractivity contribution >= 4 is 5.96 Å². The van der Waals surface area contributed by atoms with Crippen molar-refractivity contribution in [2.24, 2.45) is 16.5 Å². The Hall–Kier alpha value is -2.27. The fourth-order valence-electron chi connectivity index (χ4n) is 1.75. The average molecular weight is 332 g/mol. The van der Waals surface area contributed by atoms with E-state index in [4.69, 9.17) is 16.2 Å². The lowest BCUT2D eigenvalue weighted by Gasteiger charge is -2.13. The van der Waals surface area contributed by atoms with Crippen molar-refractivity contribution in [2.45, 2.75) is 33.1 Å². The molecule has 0 aromatic carbocycles. The Bertz CT molecular complexity index is 497. The smallest absolute Gasteiger partial charge is 0.190 e. The first-order valence-corrected chi connectivity index (χ1v) is 8.29. The zero-order chi connectivity index (χ0) is 18.2. The van der Waals surface area contributed by atoms with E-state index in [1.54, 1.807) is 6.08 Å². The Kier molecular flexibility index (Phi) is 13.0. The monoisotopic (exact) mass is 332 g/mol. The standard InChI is InChI=1S/C19H32N4O/c1-5-7-10-18(17(4)9-8-13-22-12-6-2)24-15-16(3)11-14-23-19(20)21/h5,7,10-11,14,22H,3-4,6,8-9,12-13,15H2,1-2H3,(H4,20,21,23)/b7-5-,14-11-,18-10+. The molecule has 134 valence electrons. The molecule has 0 aliphatic carbocycles. The quantitative estimate of drug-likeness (QED) is 0.159. The summed E-state index contributed by atoms with van der Waals surface area (Å²) in [6.07, 6.45) is 12.1. The van der Waals surface area contributed by atoms with Crippen molar-refractivity contribution in [3.63, 3.8) is 0 Å². The van der Waals surface area contributed by atoms with Gasteiger partial charge in [-0.05, 0) is 62.6 Å². The Labute approximate surface area is 146 Å². The molecule has 0 rings (SSSR count). The van der Waals surface area contributed by atoms with Crippen LogP contribution in [0.2, 0.25) is 0 Å². The zero-order valence-corrected chi connectivity index (χ0v) is 15.1. The van der Waals surface area contributed by atoms with Gasteiger partial charge in [0, 0.05) is 6.20 Å². The molecule has 0 spiro atoms. The van der Waals surface area contributed by atoms with Crippen LogP contribution < -0.4 is 16.8 Å². The molecule has 0 saturated carbocycles. The normalized spacial score (nSPS) is 11.8. The molecule has 0 atom stereocenters. The molecule has 0 heterocycles. The van der Waals surface area contributed by atoms with Gasteiger partial charge in [-0.3, -0.25) is 0 Å². The molecular weight excluding hydrogens is 300 g/mol. The summed E-state index contributed by atoms with van der Waals surface area (Å²) in [6, 6.07) is 0. The van der Waals surface area contributed by atoms with Crippen LogP contribution in [0.4, 0.5) is 0 Å². The van der Waals surface area contributed by atoms with Crippen molar-refractivity contribution in [1.82, 2.24) is 5.32 Å².